The van der Waals surface area contributed by atoms with Crippen LogP contribution in [0.5, 0.6) is 11.5 Å². The van der Waals surface area contributed by atoms with Crippen molar-refractivity contribution in [2.24, 2.45) is 0 Å². The molecule has 0 saturated carbocycles. The summed E-state index contributed by atoms with van der Waals surface area (Å²) in [5.74, 6) is 1.54. The quantitative estimate of drug-likeness (QED) is 0.463. The Morgan fingerprint density at radius 2 is 1.63 bits per heavy atom. The van der Waals surface area contributed by atoms with E-state index < -0.39 is 0 Å². The van der Waals surface area contributed by atoms with Gasteiger partial charge in [0.15, 0.2) is 11.5 Å². The highest BCUT2D eigenvalue weighted by Crippen LogP contribution is 2.31. The maximum absolute atomic E-state index is 8.73. The molecule has 2 aromatic rings. The molecule has 0 bridgehead atoms. The molecule has 0 aliphatic heterocycles. The van der Waals surface area contributed by atoms with Crippen molar-refractivity contribution in [2.45, 2.75) is 19.6 Å². The molecule has 3 N–H and O–H groups in total. The van der Waals surface area contributed by atoms with Crippen LogP contribution in [0.3, 0.4) is 0 Å². The summed E-state index contributed by atoms with van der Waals surface area (Å²) in [5.41, 5.74) is 2.21. The van der Waals surface area contributed by atoms with E-state index in [9.17, 15) is 0 Å². The third-order valence-electron chi connectivity index (χ3n) is 3.82. The van der Waals surface area contributed by atoms with Crippen LogP contribution in [0.15, 0.2) is 48.5 Å². The van der Waals surface area contributed by atoms with Crippen molar-refractivity contribution < 1.29 is 14.6 Å². The lowest BCUT2D eigenvalue weighted by Gasteiger charge is -2.16. The van der Waals surface area contributed by atoms with Crippen molar-refractivity contribution in [3.8, 4) is 11.5 Å². The molecular formula is C20H30Cl2N2O3. The Morgan fingerprint density at radius 1 is 0.889 bits per heavy atom. The summed E-state index contributed by atoms with van der Waals surface area (Å²) >= 11 is 0. The number of benzene rings is 2. The van der Waals surface area contributed by atoms with Gasteiger partial charge in [0, 0.05) is 18.7 Å². The first-order valence-corrected chi connectivity index (χ1v) is 8.70. The number of hydrogen-bond acceptors (Lipinski definition) is 5. The van der Waals surface area contributed by atoms with Gasteiger partial charge in [0.05, 0.1) is 13.7 Å². The molecule has 0 atom stereocenters. The number of rotatable bonds is 12. The average Bonchev–Trinajstić information content (AvgIpc) is 2.66. The van der Waals surface area contributed by atoms with E-state index in [0.717, 1.165) is 48.7 Å². The van der Waals surface area contributed by atoms with Crippen LogP contribution in [0.1, 0.15) is 17.5 Å². The van der Waals surface area contributed by atoms with Gasteiger partial charge in [-0.1, -0.05) is 42.5 Å². The van der Waals surface area contributed by atoms with Crippen LogP contribution in [0, 0.1) is 0 Å². The third-order valence-corrected chi connectivity index (χ3v) is 3.82. The van der Waals surface area contributed by atoms with E-state index in [1.807, 2.05) is 42.5 Å². The minimum atomic E-state index is 0. The van der Waals surface area contributed by atoms with Gasteiger partial charge in [0.25, 0.3) is 0 Å². The second kappa shape index (κ2) is 15.5. The number of para-hydroxylation sites is 1. The number of halogens is 2. The summed E-state index contributed by atoms with van der Waals surface area (Å²) in [7, 11) is 1.66. The largest absolute Gasteiger partial charge is 0.493 e. The summed E-state index contributed by atoms with van der Waals surface area (Å²) in [6, 6.07) is 16.1. The highest BCUT2D eigenvalue weighted by Gasteiger charge is 2.10. The molecule has 0 amide bonds. The Kier molecular flexibility index (Phi) is 14.7. The molecule has 0 aromatic heterocycles. The predicted octanol–water partition coefficient (Wildman–Crippen LogP) is 3.18. The Hall–Kier alpha value is -1.50. The molecule has 27 heavy (non-hydrogen) atoms. The van der Waals surface area contributed by atoms with Crippen molar-refractivity contribution >= 4 is 24.8 Å². The lowest BCUT2D eigenvalue weighted by molar-refractivity contribution is 0.280. The first kappa shape index (κ1) is 25.5. The van der Waals surface area contributed by atoms with Crippen molar-refractivity contribution in [1.82, 2.24) is 10.6 Å². The van der Waals surface area contributed by atoms with Crippen LogP contribution in [-0.4, -0.2) is 38.5 Å². The summed E-state index contributed by atoms with van der Waals surface area (Å²) in [6.07, 6.45) is 1.00. The van der Waals surface area contributed by atoms with Crippen LogP contribution in [0.25, 0.3) is 0 Å². The number of hydrogen-bond donors (Lipinski definition) is 3. The van der Waals surface area contributed by atoms with Gasteiger partial charge in [-0.15, -0.1) is 24.8 Å². The molecule has 152 valence electrons. The van der Waals surface area contributed by atoms with Gasteiger partial charge < -0.3 is 25.2 Å². The maximum Gasteiger partial charge on any atom is 0.166 e. The Bertz CT molecular complexity index is 615. The SMILES string of the molecule is COc1cccc(CNCCCNCCO)c1OCc1ccccc1.Cl.Cl. The van der Waals surface area contributed by atoms with E-state index in [1.54, 1.807) is 7.11 Å². The van der Waals surface area contributed by atoms with Gasteiger partial charge in [-0.2, -0.15) is 0 Å². The Balaban J connectivity index is 0.00000338. The van der Waals surface area contributed by atoms with Gasteiger partial charge in [-0.05, 0) is 31.1 Å². The third kappa shape index (κ3) is 9.31. The van der Waals surface area contributed by atoms with E-state index in [1.165, 1.54) is 0 Å². The van der Waals surface area contributed by atoms with Crippen molar-refractivity contribution in [3.05, 3.63) is 59.7 Å². The van der Waals surface area contributed by atoms with Gasteiger partial charge in [-0.25, -0.2) is 0 Å². The fourth-order valence-electron chi connectivity index (χ4n) is 2.52. The second-order valence-electron chi connectivity index (χ2n) is 5.73. The topological polar surface area (TPSA) is 62.8 Å². The van der Waals surface area contributed by atoms with E-state index in [-0.39, 0.29) is 31.4 Å². The molecule has 0 heterocycles. The van der Waals surface area contributed by atoms with E-state index >= 15 is 0 Å². The first-order valence-electron chi connectivity index (χ1n) is 8.70. The van der Waals surface area contributed by atoms with Crippen LogP contribution in [-0.2, 0) is 13.2 Å². The standard InChI is InChI=1S/C20H28N2O3.2ClH/c1-24-19-10-5-9-18(15-22-12-6-11-21-13-14-23)20(19)25-16-17-7-3-2-4-8-17;;/h2-5,7-10,21-23H,6,11-16H2,1H3;2*1H. The van der Waals surface area contributed by atoms with Crippen LogP contribution < -0.4 is 20.1 Å². The molecule has 2 rings (SSSR count). The molecule has 0 aliphatic carbocycles. The summed E-state index contributed by atoms with van der Waals surface area (Å²) in [5, 5.41) is 15.3. The normalized spacial score (nSPS) is 9.85. The Morgan fingerprint density at radius 3 is 2.33 bits per heavy atom. The highest BCUT2D eigenvalue weighted by molar-refractivity contribution is 5.85. The minimum absolute atomic E-state index is 0. The smallest absolute Gasteiger partial charge is 0.166 e. The van der Waals surface area contributed by atoms with E-state index in [2.05, 4.69) is 16.7 Å². The number of ether oxygens (including phenoxy) is 2. The molecule has 0 unspecified atom stereocenters. The monoisotopic (exact) mass is 416 g/mol. The van der Waals surface area contributed by atoms with Crippen LogP contribution in [0.2, 0.25) is 0 Å². The summed E-state index contributed by atoms with van der Waals surface area (Å²) in [4.78, 5) is 0. The second-order valence-corrected chi connectivity index (χ2v) is 5.73. The molecule has 0 saturated heterocycles. The van der Waals surface area contributed by atoms with Crippen LogP contribution >= 0.6 is 24.8 Å². The lowest BCUT2D eigenvalue weighted by atomic mass is 10.1. The number of methoxy groups -OCH3 is 1. The van der Waals surface area contributed by atoms with Crippen molar-refractivity contribution in [1.29, 1.82) is 0 Å². The van der Waals surface area contributed by atoms with E-state index in [0.29, 0.717) is 13.2 Å². The van der Waals surface area contributed by atoms with E-state index in [4.69, 9.17) is 14.6 Å². The highest BCUT2D eigenvalue weighted by atomic mass is 35.5. The molecular weight excluding hydrogens is 387 g/mol. The van der Waals surface area contributed by atoms with Crippen molar-refractivity contribution in [3.63, 3.8) is 0 Å². The van der Waals surface area contributed by atoms with Gasteiger partial charge in [0.2, 0.25) is 0 Å². The number of aliphatic hydroxyl groups excluding tert-OH is 1. The van der Waals surface area contributed by atoms with Crippen molar-refractivity contribution in [2.75, 3.05) is 33.4 Å². The molecule has 7 heteroatoms. The van der Waals surface area contributed by atoms with Crippen LogP contribution in [0.4, 0.5) is 0 Å². The Labute approximate surface area is 174 Å². The molecule has 0 fully saturated rings. The fraction of sp³-hybridized carbons (Fsp3) is 0.400. The molecule has 0 spiro atoms. The predicted molar refractivity (Wildman–Crippen MR) is 115 cm³/mol. The molecule has 0 radical (unpaired) electrons. The molecule has 2 aromatic carbocycles. The zero-order valence-corrected chi connectivity index (χ0v) is 17.3. The van der Waals surface area contributed by atoms with Gasteiger partial charge >= 0.3 is 0 Å². The van der Waals surface area contributed by atoms with Gasteiger partial charge in [0.1, 0.15) is 6.61 Å². The zero-order valence-electron chi connectivity index (χ0n) is 15.6. The number of nitrogens with one attached hydrogen (secondary N) is 2. The molecule has 0 aliphatic rings. The first-order chi connectivity index (χ1) is 12.3. The summed E-state index contributed by atoms with van der Waals surface area (Å²) in [6.45, 7) is 3.85. The maximum atomic E-state index is 8.73. The minimum Gasteiger partial charge on any atom is -0.493 e. The fourth-order valence-corrected chi connectivity index (χ4v) is 2.52. The lowest BCUT2D eigenvalue weighted by Crippen LogP contribution is -2.24. The summed E-state index contributed by atoms with van der Waals surface area (Å²) < 4.78 is 11.5. The molecule has 5 nitrogen and oxygen atoms in total. The zero-order chi connectivity index (χ0) is 17.7. The number of aliphatic hydroxyl groups is 1. The average molecular weight is 417 g/mol. The van der Waals surface area contributed by atoms with Gasteiger partial charge in [-0.3, -0.25) is 0 Å².